The Balaban J connectivity index is 1.50. The van der Waals surface area contributed by atoms with E-state index in [4.69, 9.17) is 9.47 Å². The maximum Gasteiger partial charge on any atom is 0.508 e. The van der Waals surface area contributed by atoms with Crippen molar-refractivity contribution in [2.75, 3.05) is 26.3 Å². The first kappa shape index (κ1) is 23.3. The van der Waals surface area contributed by atoms with E-state index in [1.54, 1.807) is 0 Å². The maximum absolute atomic E-state index is 12.2. The molecule has 0 bridgehead atoms. The second kappa shape index (κ2) is 11.3. The summed E-state index contributed by atoms with van der Waals surface area (Å²) in [6, 6.07) is 10.8. The van der Waals surface area contributed by atoms with Gasteiger partial charge in [-0.2, -0.15) is 0 Å². The van der Waals surface area contributed by atoms with Crippen molar-refractivity contribution >= 4 is 23.0 Å². The zero-order valence-corrected chi connectivity index (χ0v) is 19.3. The van der Waals surface area contributed by atoms with E-state index in [2.05, 4.69) is 68.6 Å². The topological polar surface area (TPSA) is 47.6 Å². The third kappa shape index (κ3) is 6.83. The van der Waals surface area contributed by atoms with Crippen molar-refractivity contribution in [3.8, 4) is 0 Å². The van der Waals surface area contributed by atoms with Crippen molar-refractivity contribution in [2.45, 2.75) is 59.3 Å². The Morgan fingerprint density at radius 3 is 2.84 bits per heavy atom. The molecule has 0 radical (unpaired) electrons. The van der Waals surface area contributed by atoms with E-state index in [0.29, 0.717) is 19.6 Å². The molecule has 0 aliphatic heterocycles. The lowest BCUT2D eigenvalue weighted by Crippen LogP contribution is -2.28. The largest absolute Gasteiger partial charge is 0.508 e. The first-order chi connectivity index (χ1) is 15.0. The van der Waals surface area contributed by atoms with Crippen molar-refractivity contribution in [1.29, 1.82) is 0 Å². The van der Waals surface area contributed by atoms with Gasteiger partial charge in [-0.05, 0) is 66.2 Å². The fraction of sp³-hybridized carbons (Fsp3) is 0.519. The smallest absolute Gasteiger partial charge is 0.434 e. The van der Waals surface area contributed by atoms with Gasteiger partial charge >= 0.3 is 6.16 Å². The van der Waals surface area contributed by atoms with Crippen LogP contribution in [0.25, 0.3) is 16.8 Å². The molecule has 1 aliphatic rings. The van der Waals surface area contributed by atoms with E-state index in [1.165, 1.54) is 40.3 Å². The highest BCUT2D eigenvalue weighted by molar-refractivity contribution is 5.90. The Morgan fingerprint density at radius 1 is 1.16 bits per heavy atom. The number of ether oxygens (including phenoxy) is 2. The van der Waals surface area contributed by atoms with Crippen LogP contribution in [0.15, 0.2) is 36.4 Å². The summed E-state index contributed by atoms with van der Waals surface area (Å²) in [6.07, 6.45) is 10.1. The zero-order valence-electron chi connectivity index (χ0n) is 19.3. The van der Waals surface area contributed by atoms with E-state index in [9.17, 15) is 4.79 Å². The number of carbonyl (C=O) groups is 1. The molecule has 0 spiro atoms. The second-order valence-electron chi connectivity index (χ2n) is 9.25. The monoisotopic (exact) mass is 423 g/mol. The second-order valence-corrected chi connectivity index (χ2v) is 9.25. The fourth-order valence-corrected chi connectivity index (χ4v) is 4.08. The SMILES string of the molecule is CCCCNCCC(C)(C)COC(=O)OCCc1c2c(cc3ccccc13)CCC=C2. The number of fused-ring (bicyclic) bond motifs is 2. The summed E-state index contributed by atoms with van der Waals surface area (Å²) in [5, 5.41) is 5.94. The molecule has 3 rings (SSSR count). The zero-order chi connectivity index (χ0) is 22.1. The number of aryl methyl sites for hydroxylation is 1. The van der Waals surface area contributed by atoms with Gasteiger partial charge in [0.25, 0.3) is 0 Å². The summed E-state index contributed by atoms with van der Waals surface area (Å²) in [5.74, 6) is 0. The number of hydrogen-bond acceptors (Lipinski definition) is 4. The van der Waals surface area contributed by atoms with Crippen molar-refractivity contribution in [3.05, 3.63) is 53.1 Å². The number of benzene rings is 2. The summed E-state index contributed by atoms with van der Waals surface area (Å²) >= 11 is 0. The summed E-state index contributed by atoms with van der Waals surface area (Å²) in [5.41, 5.74) is 3.86. The van der Waals surface area contributed by atoms with E-state index in [-0.39, 0.29) is 5.41 Å². The van der Waals surface area contributed by atoms with Crippen LogP contribution in [0.2, 0.25) is 0 Å². The van der Waals surface area contributed by atoms with Crippen molar-refractivity contribution in [3.63, 3.8) is 0 Å². The molecule has 0 unspecified atom stereocenters. The minimum Gasteiger partial charge on any atom is -0.434 e. The third-order valence-corrected chi connectivity index (χ3v) is 5.99. The number of nitrogens with one attached hydrogen (secondary N) is 1. The molecule has 0 saturated carbocycles. The number of allylic oxidation sites excluding steroid dienone is 1. The van der Waals surface area contributed by atoms with Crippen LogP contribution in [0.3, 0.4) is 0 Å². The molecule has 2 aromatic rings. The molecule has 0 saturated heterocycles. The Morgan fingerprint density at radius 2 is 2.00 bits per heavy atom. The molecule has 0 fully saturated rings. The van der Waals surface area contributed by atoms with Gasteiger partial charge < -0.3 is 14.8 Å². The lowest BCUT2D eigenvalue weighted by molar-refractivity contribution is 0.0283. The van der Waals surface area contributed by atoms with Gasteiger partial charge in [-0.15, -0.1) is 0 Å². The predicted molar refractivity (Wildman–Crippen MR) is 128 cm³/mol. The highest BCUT2D eigenvalue weighted by atomic mass is 16.7. The number of hydrogen-bond donors (Lipinski definition) is 1. The Labute approximate surface area is 187 Å². The van der Waals surface area contributed by atoms with Crippen LogP contribution in [0.1, 0.15) is 63.1 Å². The molecule has 168 valence electrons. The van der Waals surface area contributed by atoms with Crippen LogP contribution in [-0.2, 0) is 22.3 Å². The Bertz CT molecular complexity index is 901. The van der Waals surface area contributed by atoms with Crippen LogP contribution < -0.4 is 5.32 Å². The quantitative estimate of drug-likeness (QED) is 0.340. The number of unbranched alkanes of at least 4 members (excludes halogenated alkanes) is 1. The molecule has 1 N–H and O–H groups in total. The molecule has 0 heterocycles. The van der Waals surface area contributed by atoms with Gasteiger partial charge in [0.15, 0.2) is 0 Å². The molecule has 4 nitrogen and oxygen atoms in total. The maximum atomic E-state index is 12.2. The first-order valence-electron chi connectivity index (χ1n) is 11.7. The minimum absolute atomic E-state index is 0.0717. The summed E-state index contributed by atoms with van der Waals surface area (Å²) in [6.45, 7) is 9.11. The normalized spacial score (nSPS) is 13.3. The van der Waals surface area contributed by atoms with Crippen LogP contribution >= 0.6 is 0 Å². The lowest BCUT2D eigenvalue weighted by Gasteiger charge is -2.24. The summed E-state index contributed by atoms with van der Waals surface area (Å²) in [7, 11) is 0. The van der Waals surface area contributed by atoms with E-state index < -0.39 is 6.16 Å². The van der Waals surface area contributed by atoms with Crippen LogP contribution in [0.5, 0.6) is 0 Å². The summed E-state index contributed by atoms with van der Waals surface area (Å²) < 4.78 is 10.9. The summed E-state index contributed by atoms with van der Waals surface area (Å²) in [4.78, 5) is 12.2. The molecule has 0 amide bonds. The molecular formula is C27H37NO3. The number of carbonyl (C=O) groups excluding carboxylic acids is 1. The Hall–Kier alpha value is -2.33. The van der Waals surface area contributed by atoms with E-state index in [0.717, 1.165) is 32.4 Å². The van der Waals surface area contributed by atoms with Gasteiger partial charge in [0, 0.05) is 11.8 Å². The van der Waals surface area contributed by atoms with Gasteiger partial charge in [-0.3, -0.25) is 0 Å². The highest BCUT2D eigenvalue weighted by Gasteiger charge is 2.21. The molecule has 1 aliphatic carbocycles. The molecule has 0 aromatic heterocycles. The van der Waals surface area contributed by atoms with Gasteiger partial charge in [-0.25, -0.2) is 4.79 Å². The lowest BCUT2D eigenvalue weighted by atomic mass is 9.88. The molecule has 0 atom stereocenters. The fourth-order valence-electron chi connectivity index (χ4n) is 4.08. The van der Waals surface area contributed by atoms with Gasteiger partial charge in [0.05, 0.1) is 6.61 Å². The van der Waals surface area contributed by atoms with E-state index in [1.807, 2.05) is 0 Å². The van der Waals surface area contributed by atoms with Crippen molar-refractivity contribution in [2.24, 2.45) is 5.41 Å². The van der Waals surface area contributed by atoms with Crippen LogP contribution in [0, 0.1) is 5.41 Å². The average molecular weight is 424 g/mol. The minimum atomic E-state index is -0.573. The average Bonchev–Trinajstić information content (AvgIpc) is 2.77. The number of rotatable bonds is 11. The first-order valence-corrected chi connectivity index (χ1v) is 11.7. The molecular weight excluding hydrogens is 386 g/mol. The van der Waals surface area contributed by atoms with Crippen molar-refractivity contribution in [1.82, 2.24) is 5.32 Å². The Kier molecular flexibility index (Phi) is 8.53. The van der Waals surface area contributed by atoms with Crippen LogP contribution in [-0.4, -0.2) is 32.5 Å². The standard InChI is InChI=1S/C27H37NO3/c1-4-5-16-28-17-15-27(2,3)20-31-26(29)30-18-14-25-23-12-8-6-10-21(23)19-22-11-7-9-13-24(22)25/h6,8-10,12-13,19,28H,4-5,7,11,14-18,20H2,1-3H3. The third-order valence-electron chi connectivity index (χ3n) is 5.99. The van der Waals surface area contributed by atoms with Crippen LogP contribution in [0.4, 0.5) is 4.79 Å². The van der Waals surface area contributed by atoms with Crippen molar-refractivity contribution < 1.29 is 14.3 Å². The van der Waals surface area contributed by atoms with Gasteiger partial charge in [0.2, 0.25) is 0 Å². The molecule has 31 heavy (non-hydrogen) atoms. The predicted octanol–water partition coefficient (Wildman–Crippen LogP) is 6.30. The molecule has 4 heteroatoms. The van der Waals surface area contributed by atoms with E-state index >= 15 is 0 Å². The molecule has 2 aromatic carbocycles. The van der Waals surface area contributed by atoms with Gasteiger partial charge in [-0.1, -0.05) is 69.7 Å². The van der Waals surface area contributed by atoms with Gasteiger partial charge in [0.1, 0.15) is 6.61 Å². The highest BCUT2D eigenvalue weighted by Crippen LogP contribution is 2.31.